The molecule has 1 saturated heterocycles. The molecule has 5 rings (SSSR count). The number of rotatable bonds is 7. The van der Waals surface area contributed by atoms with E-state index in [0.717, 1.165) is 55.2 Å². The summed E-state index contributed by atoms with van der Waals surface area (Å²) in [6.45, 7) is 9.93. The first kappa shape index (κ1) is 28.2. The summed E-state index contributed by atoms with van der Waals surface area (Å²) in [6, 6.07) is 22.4. The van der Waals surface area contributed by atoms with Crippen molar-refractivity contribution < 1.29 is 14.3 Å². The number of fused-ring (bicyclic) bond motifs is 1. The minimum absolute atomic E-state index is 0.0550. The molecule has 2 heterocycles. The predicted molar refractivity (Wildman–Crippen MR) is 161 cm³/mol. The Balaban J connectivity index is 1.33. The number of hydrogen-bond donors (Lipinski definition) is 0. The van der Waals surface area contributed by atoms with Crippen LogP contribution in [0.3, 0.4) is 0 Å². The van der Waals surface area contributed by atoms with Crippen LogP contribution in [0.25, 0.3) is 0 Å². The molecule has 2 aliphatic rings. The van der Waals surface area contributed by atoms with Gasteiger partial charge in [-0.3, -0.25) is 9.59 Å². The lowest BCUT2D eigenvalue weighted by atomic mass is 9.89. The fourth-order valence-corrected chi connectivity index (χ4v) is 6.16. The average molecular weight is 560 g/mol. The van der Waals surface area contributed by atoms with Gasteiger partial charge >= 0.3 is 0 Å². The molecule has 0 radical (unpaired) electrons. The van der Waals surface area contributed by atoms with Crippen LogP contribution in [0, 0.1) is 5.92 Å². The maximum Gasteiger partial charge on any atom is 0.258 e. The Hall–Kier alpha value is -3.35. The second kappa shape index (κ2) is 12.4. The zero-order valence-corrected chi connectivity index (χ0v) is 24.3. The van der Waals surface area contributed by atoms with E-state index in [1.807, 2.05) is 77.4 Å². The first-order valence-corrected chi connectivity index (χ1v) is 14.7. The summed E-state index contributed by atoms with van der Waals surface area (Å²) in [5.41, 5.74) is 3.18. The van der Waals surface area contributed by atoms with Gasteiger partial charge in [0.25, 0.3) is 5.91 Å². The van der Waals surface area contributed by atoms with Crippen LogP contribution in [0.2, 0.25) is 5.02 Å². The van der Waals surface area contributed by atoms with Crippen molar-refractivity contribution in [1.29, 1.82) is 0 Å². The number of benzene rings is 3. The van der Waals surface area contributed by atoms with Crippen molar-refractivity contribution in [3.05, 3.63) is 88.9 Å². The van der Waals surface area contributed by atoms with Crippen molar-refractivity contribution in [3.8, 4) is 5.75 Å². The van der Waals surface area contributed by atoms with Crippen molar-refractivity contribution in [2.24, 2.45) is 5.92 Å². The Morgan fingerprint density at radius 1 is 0.975 bits per heavy atom. The number of para-hydroxylation sites is 1. The molecular formula is C33H38ClN3O3. The van der Waals surface area contributed by atoms with Crippen LogP contribution in [0.15, 0.2) is 72.8 Å². The first-order chi connectivity index (χ1) is 19.4. The summed E-state index contributed by atoms with van der Waals surface area (Å²) in [4.78, 5) is 32.9. The lowest BCUT2D eigenvalue weighted by Crippen LogP contribution is -2.47. The molecule has 210 valence electrons. The van der Waals surface area contributed by atoms with E-state index in [0.29, 0.717) is 29.5 Å². The van der Waals surface area contributed by atoms with Crippen LogP contribution in [0.1, 0.15) is 62.0 Å². The number of hydrogen-bond acceptors (Lipinski definition) is 4. The Kier molecular flexibility index (Phi) is 8.77. The molecule has 3 aromatic rings. The number of piperidine rings is 1. The topological polar surface area (TPSA) is 53.1 Å². The molecule has 2 aliphatic heterocycles. The molecular weight excluding hydrogens is 522 g/mol. The molecule has 0 N–H and O–H groups in total. The van der Waals surface area contributed by atoms with Gasteiger partial charge in [0.1, 0.15) is 5.75 Å². The third kappa shape index (κ3) is 6.03. The van der Waals surface area contributed by atoms with Crippen LogP contribution in [0.4, 0.5) is 11.4 Å². The summed E-state index contributed by atoms with van der Waals surface area (Å²) in [7, 11) is 0. The Labute approximate surface area is 242 Å². The summed E-state index contributed by atoms with van der Waals surface area (Å²) in [6.07, 6.45) is 2.94. The van der Waals surface area contributed by atoms with Crippen LogP contribution >= 0.6 is 11.6 Å². The second-order valence-electron chi connectivity index (χ2n) is 10.9. The van der Waals surface area contributed by atoms with E-state index >= 15 is 0 Å². The van der Waals surface area contributed by atoms with Crippen LogP contribution in [-0.4, -0.2) is 49.0 Å². The fourth-order valence-electron chi connectivity index (χ4n) is 6.03. The monoisotopic (exact) mass is 559 g/mol. The molecule has 0 unspecified atom stereocenters. The first-order valence-electron chi connectivity index (χ1n) is 14.3. The van der Waals surface area contributed by atoms with Gasteiger partial charge in [0.2, 0.25) is 5.91 Å². The van der Waals surface area contributed by atoms with Gasteiger partial charge in [0.05, 0.1) is 12.6 Å². The number of ether oxygens (including phenoxy) is 1. The van der Waals surface area contributed by atoms with Gasteiger partial charge in [0, 0.05) is 34.9 Å². The number of carbonyl (C=O) groups is 2. The van der Waals surface area contributed by atoms with Crippen LogP contribution in [-0.2, 0) is 4.79 Å². The molecule has 6 nitrogen and oxygen atoms in total. The normalized spacial score (nSPS) is 19.6. The summed E-state index contributed by atoms with van der Waals surface area (Å²) < 4.78 is 6.10. The molecule has 0 saturated carbocycles. The molecule has 40 heavy (non-hydrogen) atoms. The highest BCUT2D eigenvalue weighted by Gasteiger charge is 2.38. The van der Waals surface area contributed by atoms with Gasteiger partial charge in [-0.2, -0.15) is 0 Å². The Bertz CT molecular complexity index is 1320. The second-order valence-corrected chi connectivity index (χ2v) is 11.3. The highest BCUT2D eigenvalue weighted by Crippen LogP contribution is 2.43. The lowest BCUT2D eigenvalue weighted by molar-refractivity contribution is -0.117. The van der Waals surface area contributed by atoms with E-state index < -0.39 is 0 Å². The highest BCUT2D eigenvalue weighted by molar-refractivity contribution is 6.30. The van der Waals surface area contributed by atoms with Gasteiger partial charge < -0.3 is 19.4 Å². The third-order valence-corrected chi connectivity index (χ3v) is 8.53. The molecule has 1 fully saturated rings. The minimum atomic E-state index is -0.200. The minimum Gasteiger partial charge on any atom is -0.493 e. The summed E-state index contributed by atoms with van der Waals surface area (Å²) in [5, 5.41) is 0.621. The average Bonchev–Trinajstić information content (AvgIpc) is 2.97. The van der Waals surface area contributed by atoms with Gasteiger partial charge in [0.15, 0.2) is 0 Å². The summed E-state index contributed by atoms with van der Waals surface area (Å²) >= 11 is 6.11. The van der Waals surface area contributed by atoms with E-state index in [1.165, 1.54) is 0 Å². The quantitative estimate of drug-likeness (QED) is 0.313. The smallest absolute Gasteiger partial charge is 0.258 e. The van der Waals surface area contributed by atoms with Crippen molar-refractivity contribution in [1.82, 2.24) is 4.90 Å². The molecule has 0 aliphatic carbocycles. The maximum absolute atomic E-state index is 13.9. The number of anilines is 2. The van der Waals surface area contributed by atoms with Gasteiger partial charge in [-0.15, -0.1) is 0 Å². The number of amides is 2. The molecule has 3 aromatic carbocycles. The van der Waals surface area contributed by atoms with Gasteiger partial charge in [-0.25, -0.2) is 0 Å². The Morgan fingerprint density at radius 2 is 1.65 bits per heavy atom. The zero-order chi connectivity index (χ0) is 28.2. The molecule has 2 atom stereocenters. The van der Waals surface area contributed by atoms with Crippen molar-refractivity contribution in [2.75, 3.05) is 36.0 Å². The largest absolute Gasteiger partial charge is 0.493 e. The molecule has 0 bridgehead atoms. The zero-order valence-electron chi connectivity index (χ0n) is 23.6. The number of carbonyl (C=O) groups excluding carboxylic acids is 2. The molecule has 2 amide bonds. The Morgan fingerprint density at radius 3 is 2.30 bits per heavy atom. The number of likely N-dealkylation sites (tertiary alicyclic amines) is 1. The summed E-state index contributed by atoms with van der Waals surface area (Å²) in [5.74, 6) is 1.25. The number of nitrogens with zero attached hydrogens (tertiary/aromatic N) is 3. The van der Waals surface area contributed by atoms with Crippen LogP contribution < -0.4 is 14.5 Å². The molecule has 7 heteroatoms. The fraction of sp³-hybridized carbons (Fsp3) is 0.394. The SMILES string of the molecule is CCN1CCC(COc2ccc(C(=O)N3c4ccccc4[C@H](N(C(C)=O)c4ccc(Cl)cc4)C[C@@H]3C)cc2)CC1. The number of halogens is 1. The van der Waals surface area contributed by atoms with Crippen molar-refractivity contribution >= 4 is 34.8 Å². The van der Waals surface area contributed by atoms with E-state index in [1.54, 1.807) is 19.1 Å². The molecule has 0 aromatic heterocycles. The van der Waals surface area contributed by atoms with Crippen molar-refractivity contribution in [3.63, 3.8) is 0 Å². The third-order valence-electron chi connectivity index (χ3n) is 8.28. The highest BCUT2D eigenvalue weighted by atomic mass is 35.5. The van der Waals surface area contributed by atoms with E-state index in [4.69, 9.17) is 16.3 Å². The predicted octanol–water partition coefficient (Wildman–Crippen LogP) is 6.98. The van der Waals surface area contributed by atoms with E-state index in [9.17, 15) is 9.59 Å². The lowest BCUT2D eigenvalue weighted by Gasteiger charge is -2.43. The van der Waals surface area contributed by atoms with E-state index in [-0.39, 0.29) is 23.9 Å². The standard InChI is InChI=1S/C33H38ClN3O3/c1-4-35-19-17-25(18-20-35)22-40-29-15-9-26(10-16-29)33(39)36-23(2)21-32(30-7-5-6-8-31(30)36)37(24(3)38)28-13-11-27(34)12-14-28/h5-16,23,25,32H,4,17-22H2,1-3H3/t23-,32+/m0/s1. The van der Waals surface area contributed by atoms with Crippen molar-refractivity contribution in [2.45, 2.75) is 52.1 Å². The molecule has 0 spiro atoms. The van der Waals surface area contributed by atoms with Gasteiger partial charge in [-0.05, 0) is 112 Å². The van der Waals surface area contributed by atoms with Crippen LogP contribution in [0.5, 0.6) is 5.75 Å². The van der Waals surface area contributed by atoms with E-state index in [2.05, 4.69) is 11.8 Å². The van der Waals surface area contributed by atoms with Gasteiger partial charge in [-0.1, -0.05) is 36.7 Å². The maximum atomic E-state index is 13.9.